The summed E-state index contributed by atoms with van der Waals surface area (Å²) in [4.78, 5) is 50.3. The Hall–Kier alpha value is -2.90. The molecule has 1 aromatic rings. The predicted octanol–water partition coefficient (Wildman–Crippen LogP) is 1.21. The Balaban J connectivity index is 1.30. The Morgan fingerprint density at radius 1 is 1.11 bits per heavy atom. The van der Waals surface area contributed by atoms with E-state index in [1.807, 2.05) is 0 Å². The summed E-state index contributed by atoms with van der Waals surface area (Å²) in [6.45, 7) is -0.947. The van der Waals surface area contributed by atoms with Gasteiger partial charge in [0.1, 0.15) is 12.3 Å². The summed E-state index contributed by atoms with van der Waals surface area (Å²) >= 11 is 0. The molecule has 8 heteroatoms. The number of ether oxygens (including phenoxy) is 2. The van der Waals surface area contributed by atoms with Crippen LogP contribution in [0, 0.1) is 23.7 Å². The molecule has 0 spiro atoms. The molecule has 3 fully saturated rings. The lowest BCUT2D eigenvalue weighted by atomic mass is 9.81. The number of hydrogen-bond acceptors (Lipinski definition) is 6. The van der Waals surface area contributed by atoms with Crippen molar-refractivity contribution in [2.45, 2.75) is 19.3 Å². The van der Waals surface area contributed by atoms with E-state index in [1.54, 1.807) is 24.3 Å². The van der Waals surface area contributed by atoms with E-state index >= 15 is 0 Å². The highest BCUT2D eigenvalue weighted by molar-refractivity contribution is 6.08. The maximum Gasteiger partial charge on any atom is 0.326 e. The van der Waals surface area contributed by atoms with Crippen LogP contribution in [0.3, 0.4) is 0 Å². The molecule has 4 atom stereocenters. The monoisotopic (exact) mass is 386 g/mol. The minimum atomic E-state index is -0.774. The third-order valence-corrected chi connectivity index (χ3v) is 6.05. The van der Waals surface area contributed by atoms with E-state index in [-0.39, 0.29) is 35.5 Å². The van der Waals surface area contributed by atoms with Crippen molar-refractivity contribution in [2.24, 2.45) is 23.7 Å². The highest BCUT2D eigenvalue weighted by Crippen LogP contribution is 2.56. The molecule has 1 aliphatic heterocycles. The van der Waals surface area contributed by atoms with Crippen LogP contribution in [0.2, 0.25) is 0 Å². The van der Waals surface area contributed by atoms with Gasteiger partial charge in [0, 0.05) is 0 Å². The fourth-order valence-corrected chi connectivity index (χ4v) is 4.88. The van der Waals surface area contributed by atoms with Crippen LogP contribution in [0.1, 0.15) is 19.3 Å². The maximum atomic E-state index is 12.6. The number of likely N-dealkylation sites (tertiary alicyclic amines) is 1. The third-order valence-electron chi connectivity index (χ3n) is 6.05. The molecule has 8 nitrogen and oxygen atoms in total. The molecule has 2 bridgehead atoms. The number of nitrogens with one attached hydrogen (secondary N) is 1. The Morgan fingerprint density at radius 2 is 1.75 bits per heavy atom. The Morgan fingerprint density at radius 3 is 2.39 bits per heavy atom. The van der Waals surface area contributed by atoms with Crippen molar-refractivity contribution in [3.8, 4) is 5.75 Å². The molecule has 28 heavy (non-hydrogen) atoms. The van der Waals surface area contributed by atoms with Crippen LogP contribution in [0.25, 0.3) is 0 Å². The zero-order chi connectivity index (χ0) is 19.8. The minimum absolute atomic E-state index is 0.263. The summed E-state index contributed by atoms with van der Waals surface area (Å²) in [5.41, 5.74) is 0.458. The zero-order valence-electron chi connectivity index (χ0n) is 15.6. The molecule has 148 valence electrons. The number of imide groups is 1. The van der Waals surface area contributed by atoms with Crippen molar-refractivity contribution < 1.29 is 28.7 Å². The average Bonchev–Trinajstić information content (AvgIpc) is 3.37. The number of anilines is 1. The number of rotatable bonds is 6. The van der Waals surface area contributed by atoms with E-state index in [4.69, 9.17) is 9.47 Å². The Kier molecular flexibility index (Phi) is 4.78. The molecule has 2 aliphatic carbocycles. The van der Waals surface area contributed by atoms with Crippen molar-refractivity contribution in [1.82, 2.24) is 4.90 Å². The first kappa shape index (κ1) is 18.5. The van der Waals surface area contributed by atoms with E-state index in [0.29, 0.717) is 11.4 Å². The van der Waals surface area contributed by atoms with Crippen molar-refractivity contribution in [2.75, 3.05) is 25.6 Å². The standard InChI is InChI=1S/C20H22N2O6/c1-27-14-5-3-2-4-13(14)21-15(23)10-28-16(24)9-22-19(25)17-11-6-7-12(8-11)18(17)20(22)26/h2-5,11-12,17-18H,6-10H2,1H3,(H,21,23)/t11-,12+,17-,18-/m0/s1. The first-order chi connectivity index (χ1) is 13.5. The summed E-state index contributed by atoms with van der Waals surface area (Å²) in [6.07, 6.45) is 2.90. The van der Waals surface area contributed by atoms with Crippen LogP contribution in [-0.2, 0) is 23.9 Å². The molecular weight excluding hydrogens is 364 g/mol. The largest absolute Gasteiger partial charge is 0.495 e. The van der Waals surface area contributed by atoms with Gasteiger partial charge in [-0.1, -0.05) is 12.1 Å². The topological polar surface area (TPSA) is 102 Å². The number of carbonyl (C=O) groups is 4. The maximum absolute atomic E-state index is 12.6. The van der Waals surface area contributed by atoms with E-state index in [2.05, 4.69) is 5.32 Å². The van der Waals surface area contributed by atoms with Crippen molar-refractivity contribution >= 4 is 29.4 Å². The molecule has 0 aromatic heterocycles. The molecule has 1 heterocycles. The number of amides is 3. The van der Waals surface area contributed by atoms with Gasteiger partial charge in [-0.2, -0.15) is 0 Å². The van der Waals surface area contributed by atoms with Gasteiger partial charge in [0.2, 0.25) is 11.8 Å². The van der Waals surface area contributed by atoms with Gasteiger partial charge in [-0.25, -0.2) is 0 Å². The second-order valence-corrected chi connectivity index (χ2v) is 7.56. The summed E-state index contributed by atoms with van der Waals surface area (Å²) in [7, 11) is 1.48. The molecule has 2 saturated carbocycles. The molecule has 1 saturated heterocycles. The second kappa shape index (κ2) is 7.26. The van der Waals surface area contributed by atoms with Crippen LogP contribution in [-0.4, -0.2) is 48.9 Å². The van der Waals surface area contributed by atoms with Crippen LogP contribution < -0.4 is 10.1 Å². The molecule has 3 amide bonds. The highest BCUT2D eigenvalue weighted by atomic mass is 16.5. The molecule has 3 aliphatic rings. The van der Waals surface area contributed by atoms with Crippen LogP contribution in [0.5, 0.6) is 5.75 Å². The highest BCUT2D eigenvalue weighted by Gasteiger charge is 2.61. The molecular formula is C20H22N2O6. The molecule has 0 radical (unpaired) electrons. The first-order valence-corrected chi connectivity index (χ1v) is 9.43. The van der Waals surface area contributed by atoms with E-state index < -0.39 is 25.0 Å². The van der Waals surface area contributed by atoms with E-state index in [1.165, 1.54) is 7.11 Å². The molecule has 1 aromatic carbocycles. The number of fused-ring (bicyclic) bond motifs is 5. The number of carbonyl (C=O) groups excluding carboxylic acids is 4. The summed E-state index contributed by atoms with van der Waals surface area (Å²) in [5, 5.41) is 2.59. The molecule has 1 N–H and O–H groups in total. The lowest BCUT2D eigenvalue weighted by molar-refractivity contribution is -0.154. The quantitative estimate of drug-likeness (QED) is 0.582. The Bertz CT molecular complexity index is 810. The number of nitrogens with zero attached hydrogens (tertiary/aromatic N) is 1. The van der Waals surface area contributed by atoms with Crippen LogP contribution >= 0.6 is 0 Å². The third kappa shape index (κ3) is 3.12. The van der Waals surface area contributed by atoms with Gasteiger partial charge in [-0.05, 0) is 43.2 Å². The average molecular weight is 386 g/mol. The van der Waals surface area contributed by atoms with Crippen LogP contribution in [0.15, 0.2) is 24.3 Å². The summed E-state index contributed by atoms with van der Waals surface area (Å²) in [5.74, 6) is -1.37. The molecule has 0 unspecified atom stereocenters. The van der Waals surface area contributed by atoms with Gasteiger partial charge in [-0.3, -0.25) is 24.1 Å². The van der Waals surface area contributed by atoms with E-state index in [9.17, 15) is 19.2 Å². The smallest absolute Gasteiger partial charge is 0.326 e. The van der Waals surface area contributed by atoms with Gasteiger partial charge in [-0.15, -0.1) is 0 Å². The number of para-hydroxylation sites is 2. The number of esters is 1. The fraction of sp³-hybridized carbons (Fsp3) is 0.500. The SMILES string of the molecule is COc1ccccc1NC(=O)COC(=O)CN1C(=O)[C@H]2[C@@H]3CC[C@@H](C3)[C@@H]2C1=O. The Labute approximate surface area is 162 Å². The van der Waals surface area contributed by atoms with Gasteiger partial charge in [0.15, 0.2) is 6.61 Å². The number of benzene rings is 1. The van der Waals surface area contributed by atoms with Crippen molar-refractivity contribution in [3.63, 3.8) is 0 Å². The van der Waals surface area contributed by atoms with Crippen LogP contribution in [0.4, 0.5) is 5.69 Å². The summed E-state index contributed by atoms with van der Waals surface area (Å²) in [6, 6.07) is 6.85. The predicted molar refractivity (Wildman–Crippen MR) is 97.1 cm³/mol. The second-order valence-electron chi connectivity index (χ2n) is 7.56. The lowest BCUT2D eigenvalue weighted by Crippen LogP contribution is -2.38. The zero-order valence-corrected chi connectivity index (χ0v) is 15.6. The van der Waals surface area contributed by atoms with Gasteiger partial charge < -0.3 is 14.8 Å². The molecule has 4 rings (SSSR count). The van der Waals surface area contributed by atoms with Gasteiger partial charge in [0.05, 0.1) is 24.6 Å². The van der Waals surface area contributed by atoms with Crippen molar-refractivity contribution in [1.29, 1.82) is 0 Å². The van der Waals surface area contributed by atoms with E-state index in [0.717, 1.165) is 24.2 Å². The van der Waals surface area contributed by atoms with Crippen molar-refractivity contribution in [3.05, 3.63) is 24.3 Å². The van der Waals surface area contributed by atoms with Gasteiger partial charge >= 0.3 is 5.97 Å². The number of hydrogen-bond donors (Lipinski definition) is 1. The number of methoxy groups -OCH3 is 1. The normalized spacial score (nSPS) is 27.7. The lowest BCUT2D eigenvalue weighted by Gasteiger charge is -2.19. The first-order valence-electron chi connectivity index (χ1n) is 9.43. The van der Waals surface area contributed by atoms with Gasteiger partial charge in [0.25, 0.3) is 5.91 Å². The fourth-order valence-electron chi connectivity index (χ4n) is 4.88. The minimum Gasteiger partial charge on any atom is -0.495 e. The summed E-state index contributed by atoms with van der Waals surface area (Å²) < 4.78 is 10.1.